The van der Waals surface area contributed by atoms with Crippen molar-refractivity contribution in [2.45, 2.75) is 158 Å². The van der Waals surface area contributed by atoms with Gasteiger partial charge in [0.1, 0.15) is 0 Å². The number of rotatable bonds is 30. The van der Waals surface area contributed by atoms with Crippen LogP contribution >= 0.6 is 0 Å². The van der Waals surface area contributed by atoms with E-state index in [2.05, 4.69) is 76.2 Å². The Morgan fingerprint density at radius 1 is 0.518 bits per heavy atom. The van der Waals surface area contributed by atoms with Crippen molar-refractivity contribution in [2.24, 2.45) is 52.5 Å². The fourth-order valence-corrected chi connectivity index (χ4v) is 4.96. The van der Waals surface area contributed by atoms with Crippen LogP contribution in [0.4, 0.5) is 0 Å². The van der Waals surface area contributed by atoms with Crippen LogP contribution in [-0.2, 0) is 28.4 Å². The Labute approximate surface area is 346 Å². The molecule has 0 rings (SSSR count). The van der Waals surface area contributed by atoms with E-state index in [1.54, 1.807) is 0 Å². The van der Waals surface area contributed by atoms with Gasteiger partial charge in [0.2, 0.25) is 0 Å². The monoisotopic (exact) mass is 815 g/mol. The Balaban J connectivity index is -0.000000817. The number of ether oxygens (including phenoxy) is 6. The summed E-state index contributed by atoms with van der Waals surface area (Å²) >= 11 is 0. The minimum absolute atomic E-state index is 0.0328. The first-order valence-electron chi connectivity index (χ1n) is 21.2. The summed E-state index contributed by atoms with van der Waals surface area (Å²) in [5.74, 6) is 2.23. The molecule has 0 radical (unpaired) electrons. The van der Waals surface area contributed by atoms with Crippen molar-refractivity contribution in [3.8, 4) is 0 Å². The lowest BCUT2D eigenvalue weighted by atomic mass is 9.85. The predicted octanol–water partition coefficient (Wildman–Crippen LogP) is 5.12. The lowest BCUT2D eigenvalue weighted by Crippen LogP contribution is -2.42. The van der Waals surface area contributed by atoms with Gasteiger partial charge in [0.25, 0.3) is 0 Å². The van der Waals surface area contributed by atoms with E-state index < -0.39 is 0 Å². The second-order valence-electron chi connectivity index (χ2n) is 18.2. The molecule has 0 aromatic heterocycles. The van der Waals surface area contributed by atoms with E-state index in [0.717, 1.165) is 32.3 Å². The van der Waals surface area contributed by atoms with Crippen LogP contribution in [0.15, 0.2) is 0 Å². The zero-order valence-electron chi connectivity index (χ0n) is 39.3. The summed E-state index contributed by atoms with van der Waals surface area (Å²) in [5.41, 5.74) is 19.4. The molecule has 0 aliphatic carbocycles. The summed E-state index contributed by atoms with van der Waals surface area (Å²) in [6.45, 7) is 38.6. The van der Waals surface area contributed by atoms with Crippen LogP contribution in [0.3, 0.4) is 0 Å². The molecule has 0 spiro atoms. The van der Waals surface area contributed by atoms with E-state index in [1.807, 2.05) is 27.7 Å². The van der Waals surface area contributed by atoms with Crippen LogP contribution in [0.5, 0.6) is 0 Å². The van der Waals surface area contributed by atoms with Crippen LogP contribution < -0.4 is 22.9 Å². The van der Waals surface area contributed by atoms with Gasteiger partial charge in [-0.1, -0.05) is 41.5 Å². The fraction of sp³-hybridized carbons (Fsp3) is 1.00. The normalized spacial score (nSPS) is 14.1. The van der Waals surface area contributed by atoms with Crippen molar-refractivity contribution in [1.82, 2.24) is 0 Å². The molecule has 344 valence electrons. The minimum atomic E-state index is -0.381. The van der Waals surface area contributed by atoms with Crippen LogP contribution in [0.25, 0.3) is 0 Å². The lowest BCUT2D eigenvalue weighted by Gasteiger charge is -2.38. The number of hydrogen-bond acceptors (Lipinski definition) is 13. The van der Waals surface area contributed by atoms with Gasteiger partial charge in [0.15, 0.2) is 0 Å². The number of aliphatic hydroxyl groups is 3. The van der Waals surface area contributed by atoms with E-state index >= 15 is 0 Å². The molecule has 3 atom stereocenters. The quantitative estimate of drug-likeness (QED) is 0.0501. The fourth-order valence-electron chi connectivity index (χ4n) is 4.96. The maximum atomic E-state index is 8.24. The molecule has 3 unspecified atom stereocenters. The molecule has 0 aromatic rings. The largest absolute Gasteiger partial charge is 0.396 e. The molecule has 0 amide bonds. The maximum Gasteiger partial charge on any atom is 0.0859 e. The molecule has 0 saturated heterocycles. The van der Waals surface area contributed by atoms with Crippen LogP contribution in [0, 0.1) is 29.6 Å². The molecule has 0 fully saturated rings. The average Bonchev–Trinajstić information content (AvgIpc) is 3.10. The summed E-state index contributed by atoms with van der Waals surface area (Å²) in [6, 6.07) is 0. The Kier molecular flexibility index (Phi) is 40.3. The molecule has 0 heterocycles. The molecule has 13 nitrogen and oxygen atoms in total. The second-order valence-corrected chi connectivity index (χ2v) is 18.2. The van der Waals surface area contributed by atoms with Gasteiger partial charge in [-0.2, -0.15) is 0 Å². The van der Waals surface area contributed by atoms with Gasteiger partial charge >= 0.3 is 0 Å². The van der Waals surface area contributed by atoms with Crippen LogP contribution in [-0.4, -0.2) is 136 Å². The zero-order valence-corrected chi connectivity index (χ0v) is 39.3. The van der Waals surface area contributed by atoms with Crippen molar-refractivity contribution < 1.29 is 43.7 Å². The summed E-state index contributed by atoms with van der Waals surface area (Å²) < 4.78 is 37.3. The van der Waals surface area contributed by atoms with E-state index in [1.165, 1.54) is 0 Å². The molecule has 0 aliphatic rings. The van der Waals surface area contributed by atoms with Crippen LogP contribution in [0.2, 0.25) is 0 Å². The second kappa shape index (κ2) is 36.3. The Bertz CT molecular complexity index is 823. The average molecular weight is 815 g/mol. The summed E-state index contributed by atoms with van der Waals surface area (Å²) in [5, 5.41) is 23.7. The van der Waals surface area contributed by atoms with Gasteiger partial charge in [-0.25, -0.2) is 0 Å². The van der Waals surface area contributed by atoms with Gasteiger partial charge in [0, 0.05) is 51.9 Å². The predicted molar refractivity (Wildman–Crippen MR) is 234 cm³/mol. The Hall–Kier alpha value is -0.520. The third-order valence-corrected chi connectivity index (χ3v) is 8.83. The molecular weight excluding hydrogens is 716 g/mol. The minimum Gasteiger partial charge on any atom is -0.396 e. The van der Waals surface area contributed by atoms with Gasteiger partial charge in [-0.3, -0.25) is 0 Å². The first-order valence-corrected chi connectivity index (χ1v) is 21.2. The number of hydrogen-bond donors (Lipinski definition) is 7. The number of aliphatic hydroxyl groups excluding tert-OH is 3. The Morgan fingerprint density at radius 2 is 0.982 bits per heavy atom. The van der Waals surface area contributed by atoms with Gasteiger partial charge in [0.05, 0.1) is 74.8 Å². The summed E-state index contributed by atoms with van der Waals surface area (Å²) in [6.07, 6.45) is 3.73. The highest BCUT2D eigenvalue weighted by molar-refractivity contribution is 4.83. The third-order valence-electron chi connectivity index (χ3n) is 8.83. The van der Waals surface area contributed by atoms with Crippen molar-refractivity contribution in [1.29, 1.82) is 0 Å². The highest BCUT2D eigenvalue weighted by Crippen LogP contribution is 2.31. The number of nitrogens with two attached hydrogens (primary N) is 4. The summed E-state index contributed by atoms with van der Waals surface area (Å²) in [4.78, 5) is 0. The molecule has 0 aliphatic heterocycles. The lowest BCUT2D eigenvalue weighted by molar-refractivity contribution is -0.132. The van der Waals surface area contributed by atoms with Crippen molar-refractivity contribution in [2.75, 3.05) is 92.2 Å². The van der Waals surface area contributed by atoms with Crippen LogP contribution in [0.1, 0.15) is 130 Å². The van der Waals surface area contributed by atoms with Crippen molar-refractivity contribution in [3.63, 3.8) is 0 Å². The van der Waals surface area contributed by atoms with Crippen molar-refractivity contribution >= 4 is 0 Å². The van der Waals surface area contributed by atoms with E-state index in [4.69, 9.17) is 66.7 Å². The summed E-state index contributed by atoms with van der Waals surface area (Å²) in [7, 11) is 0. The molecule has 56 heavy (non-hydrogen) atoms. The zero-order chi connectivity index (χ0) is 44.4. The first kappa shape index (κ1) is 62.1. The molecule has 11 N–H and O–H groups in total. The topological polar surface area (TPSA) is 220 Å². The third kappa shape index (κ3) is 41.6. The van der Waals surface area contributed by atoms with Gasteiger partial charge in [-0.05, 0) is 112 Å². The molecule has 0 saturated carbocycles. The highest BCUT2D eigenvalue weighted by atomic mass is 16.6. The molecular formula is C43H98N4O9. The molecule has 0 aromatic carbocycles. The van der Waals surface area contributed by atoms with E-state index in [-0.39, 0.29) is 47.6 Å². The van der Waals surface area contributed by atoms with E-state index in [9.17, 15) is 0 Å². The Morgan fingerprint density at radius 3 is 1.36 bits per heavy atom. The SMILES string of the molecule is CC(C)CCO.CC(C)CCOC(C)(C)C(COCC(CC(C)(C)OCC(C)(C)OCCN)C(C)C)CC(C)OCC(C)(C)OCCN.NCCO.NCCO. The van der Waals surface area contributed by atoms with Gasteiger partial charge < -0.3 is 66.7 Å². The smallest absolute Gasteiger partial charge is 0.0859 e. The van der Waals surface area contributed by atoms with E-state index in [0.29, 0.717) is 96.1 Å². The molecule has 0 bridgehead atoms. The van der Waals surface area contributed by atoms with Crippen molar-refractivity contribution in [3.05, 3.63) is 0 Å². The van der Waals surface area contributed by atoms with Gasteiger partial charge in [-0.15, -0.1) is 0 Å². The first-order chi connectivity index (χ1) is 25.9. The molecule has 13 heteroatoms. The highest BCUT2D eigenvalue weighted by Gasteiger charge is 2.34. The standard InChI is InChI=1S/C34H72N2O6.C5H12O.2C2H7NO/c1-26(2)14-17-41-34(12,13)30(20-28(5)38-24-32(8,9)39-18-15-35)23-37-22-29(27(3)4)21-31(6,7)42-25-33(10,11)40-19-16-36;1-5(2)3-4-6;2*3-1-2-4/h26-30H,14-25,35-36H2,1-13H3;5-6H,3-4H2,1-2H3;2*4H,1-3H2. The maximum absolute atomic E-state index is 8.24.